The molecule has 2 fully saturated rings. The molecule has 0 aliphatic carbocycles. The highest BCUT2D eigenvalue weighted by Crippen LogP contribution is 2.36. The summed E-state index contributed by atoms with van der Waals surface area (Å²) in [4.78, 5) is 20.5. The number of anilines is 2. The molecule has 2 aliphatic heterocycles. The SMILES string of the molecule is Cn1ncc2cc(-c3cc(Cn4cnc5c(NC6COC(C)(C)OC6)ncnc54)c(N4CCC[C@](NCc5ccccc5)([C@H](O)C(F)F)C4)cn3)cc(F)c21. The van der Waals surface area contributed by atoms with E-state index in [2.05, 4.69) is 30.7 Å². The number of pyridine rings is 1. The van der Waals surface area contributed by atoms with Crippen LogP contribution in [0.4, 0.5) is 24.7 Å². The predicted octanol–water partition coefficient (Wildman–Crippen LogP) is 5.28. The van der Waals surface area contributed by atoms with E-state index < -0.39 is 29.7 Å². The van der Waals surface area contributed by atoms with Crippen LogP contribution in [0, 0.1) is 5.82 Å². The molecule has 0 unspecified atom stereocenters. The number of halogens is 3. The number of fused-ring (bicyclic) bond motifs is 2. The van der Waals surface area contributed by atoms with Crippen LogP contribution in [0.25, 0.3) is 33.3 Å². The number of piperidine rings is 1. The molecule has 16 heteroatoms. The Balaban J connectivity index is 1.16. The average Bonchev–Trinajstić information content (AvgIpc) is 3.78. The zero-order chi connectivity index (χ0) is 38.3. The zero-order valence-corrected chi connectivity index (χ0v) is 30.8. The van der Waals surface area contributed by atoms with Gasteiger partial charge in [-0.1, -0.05) is 30.3 Å². The number of aromatic nitrogens is 7. The van der Waals surface area contributed by atoms with Crippen molar-refractivity contribution in [3.8, 4) is 11.3 Å². The Hall–Kier alpha value is -5.16. The molecule has 3 N–H and O–H groups in total. The largest absolute Gasteiger partial charge is 0.385 e. The second-order valence-corrected chi connectivity index (χ2v) is 14.8. The minimum atomic E-state index is -2.96. The van der Waals surface area contributed by atoms with Gasteiger partial charge in [-0.3, -0.25) is 9.67 Å². The first kappa shape index (κ1) is 36.8. The molecule has 0 amide bonds. The van der Waals surface area contributed by atoms with E-state index in [0.29, 0.717) is 84.0 Å². The number of aliphatic hydroxyl groups is 1. The van der Waals surface area contributed by atoms with Gasteiger partial charge in [-0.05, 0) is 56.0 Å². The van der Waals surface area contributed by atoms with Gasteiger partial charge in [0.05, 0.1) is 61.4 Å². The van der Waals surface area contributed by atoms with Gasteiger partial charge in [0.25, 0.3) is 6.43 Å². The Bertz CT molecular complexity index is 2290. The summed E-state index contributed by atoms with van der Waals surface area (Å²) in [7, 11) is 1.69. The number of imidazole rings is 1. The van der Waals surface area contributed by atoms with Crippen molar-refractivity contribution in [2.75, 3.05) is 36.5 Å². The smallest absolute Gasteiger partial charge is 0.265 e. The van der Waals surface area contributed by atoms with E-state index in [-0.39, 0.29) is 19.1 Å². The van der Waals surface area contributed by atoms with Crippen LogP contribution >= 0.6 is 0 Å². The van der Waals surface area contributed by atoms with Crippen LogP contribution in [-0.2, 0) is 29.6 Å². The van der Waals surface area contributed by atoms with Crippen LogP contribution < -0.4 is 15.5 Å². The number of hydrogen-bond donors (Lipinski definition) is 3. The van der Waals surface area contributed by atoms with Crippen LogP contribution in [0.2, 0.25) is 0 Å². The first-order chi connectivity index (χ1) is 26.5. The summed E-state index contributed by atoms with van der Waals surface area (Å²) < 4.78 is 59.2. The van der Waals surface area contributed by atoms with E-state index in [1.807, 2.05) is 65.8 Å². The number of benzene rings is 2. The first-order valence-electron chi connectivity index (χ1n) is 18.3. The second-order valence-electron chi connectivity index (χ2n) is 14.8. The van der Waals surface area contributed by atoms with Crippen molar-refractivity contribution in [2.45, 2.75) is 69.7 Å². The van der Waals surface area contributed by atoms with E-state index in [0.717, 1.165) is 11.1 Å². The third-order valence-electron chi connectivity index (χ3n) is 10.6. The quantitative estimate of drug-likeness (QED) is 0.159. The van der Waals surface area contributed by atoms with Crippen LogP contribution in [0.15, 0.2) is 73.6 Å². The van der Waals surface area contributed by atoms with Crippen molar-refractivity contribution in [3.05, 3.63) is 90.5 Å². The van der Waals surface area contributed by atoms with Crippen molar-refractivity contribution >= 4 is 33.6 Å². The molecule has 6 heterocycles. The van der Waals surface area contributed by atoms with Crippen molar-refractivity contribution < 1.29 is 27.8 Å². The zero-order valence-electron chi connectivity index (χ0n) is 30.8. The molecule has 55 heavy (non-hydrogen) atoms. The topological polar surface area (TPSA) is 140 Å². The number of aryl methyl sites for hydroxylation is 1. The summed E-state index contributed by atoms with van der Waals surface area (Å²) in [5.41, 5.74) is 3.63. The summed E-state index contributed by atoms with van der Waals surface area (Å²) in [5.74, 6) is -0.565. The van der Waals surface area contributed by atoms with Gasteiger partial charge in [-0.15, -0.1) is 0 Å². The van der Waals surface area contributed by atoms with Gasteiger partial charge in [-0.2, -0.15) is 5.10 Å². The Morgan fingerprint density at radius 2 is 1.82 bits per heavy atom. The Kier molecular flexibility index (Phi) is 9.92. The van der Waals surface area contributed by atoms with Crippen molar-refractivity contribution in [3.63, 3.8) is 0 Å². The summed E-state index contributed by atoms with van der Waals surface area (Å²) in [6.07, 6.45) is 2.45. The molecule has 4 aromatic heterocycles. The molecular weight excluding hydrogens is 713 g/mol. The highest BCUT2D eigenvalue weighted by molar-refractivity contribution is 5.85. The summed E-state index contributed by atoms with van der Waals surface area (Å²) in [6, 6.07) is 14.5. The number of nitrogens with one attached hydrogen (secondary N) is 2. The van der Waals surface area contributed by atoms with Gasteiger partial charge in [0.2, 0.25) is 0 Å². The van der Waals surface area contributed by atoms with Crippen LogP contribution in [0.1, 0.15) is 37.8 Å². The maximum Gasteiger partial charge on any atom is 0.265 e. The Morgan fingerprint density at radius 1 is 1.02 bits per heavy atom. The lowest BCUT2D eigenvalue weighted by Gasteiger charge is -2.47. The van der Waals surface area contributed by atoms with Gasteiger partial charge < -0.3 is 34.7 Å². The third kappa shape index (κ3) is 7.46. The molecule has 2 atom stereocenters. The monoisotopic (exact) mass is 756 g/mol. The molecule has 288 valence electrons. The number of nitrogens with zero attached hydrogens (tertiary/aromatic N) is 8. The van der Waals surface area contributed by atoms with Crippen molar-refractivity contribution in [1.82, 2.24) is 39.6 Å². The van der Waals surface area contributed by atoms with Gasteiger partial charge in [-0.25, -0.2) is 28.1 Å². The first-order valence-corrected chi connectivity index (χ1v) is 18.3. The Labute approximate surface area is 315 Å². The van der Waals surface area contributed by atoms with Crippen molar-refractivity contribution in [1.29, 1.82) is 0 Å². The Morgan fingerprint density at radius 3 is 2.60 bits per heavy atom. The predicted molar refractivity (Wildman–Crippen MR) is 201 cm³/mol. The van der Waals surface area contributed by atoms with Crippen LogP contribution in [0.5, 0.6) is 0 Å². The number of hydrogen-bond acceptors (Lipinski definition) is 11. The summed E-state index contributed by atoms with van der Waals surface area (Å²) in [6.45, 7) is 5.78. The number of alkyl halides is 2. The van der Waals surface area contributed by atoms with E-state index in [9.17, 15) is 13.9 Å². The minimum Gasteiger partial charge on any atom is -0.385 e. The molecular formula is C39H43F3N10O3. The fourth-order valence-corrected chi connectivity index (χ4v) is 7.62. The molecule has 0 radical (unpaired) electrons. The van der Waals surface area contributed by atoms with Gasteiger partial charge in [0.15, 0.2) is 17.3 Å². The molecule has 2 saturated heterocycles. The molecule has 6 aromatic rings. The molecule has 0 spiro atoms. The molecule has 0 saturated carbocycles. The van der Waals surface area contributed by atoms with Crippen LogP contribution in [0.3, 0.4) is 0 Å². The molecule has 0 bridgehead atoms. The lowest BCUT2D eigenvalue weighted by Crippen LogP contribution is -2.65. The normalized spacial score (nSPS) is 19.7. The van der Waals surface area contributed by atoms with E-state index >= 15 is 4.39 Å². The highest BCUT2D eigenvalue weighted by Gasteiger charge is 2.46. The minimum absolute atomic E-state index is 0.0961. The molecule has 2 aromatic carbocycles. The second kappa shape index (κ2) is 14.8. The molecule has 2 aliphatic rings. The lowest BCUT2D eigenvalue weighted by atomic mass is 9.82. The fourth-order valence-electron chi connectivity index (χ4n) is 7.62. The van der Waals surface area contributed by atoms with E-state index in [1.165, 1.54) is 17.1 Å². The molecule has 8 rings (SSSR count). The number of aliphatic hydroxyl groups excluding tert-OH is 1. The van der Waals surface area contributed by atoms with Crippen LogP contribution in [-0.4, -0.2) is 95.6 Å². The van der Waals surface area contributed by atoms with E-state index in [1.54, 1.807) is 25.8 Å². The lowest BCUT2D eigenvalue weighted by molar-refractivity contribution is -0.247. The fraction of sp³-hybridized carbons (Fsp3) is 0.410. The third-order valence-corrected chi connectivity index (χ3v) is 10.6. The number of ether oxygens (including phenoxy) is 2. The maximum atomic E-state index is 15.4. The van der Waals surface area contributed by atoms with Crippen molar-refractivity contribution in [2.24, 2.45) is 7.05 Å². The average molecular weight is 757 g/mol. The number of rotatable bonds is 11. The standard InChI is InChI=1S/C39H43F3N10O3/c1-38(2)54-19-28(20-55-38)49-36-32-37(45-22-44-36)52(23-46-32)18-27-14-30(25-12-26-16-48-50(3)33(26)29(40)13-25)43-17-31(27)51-11-7-10-39(21-51,34(53)35(41)42)47-15-24-8-5-4-6-9-24/h4-6,8-9,12-14,16-17,22-23,28,34-35,47,53H,7,10-11,15,18-21H2,1-3H3,(H,44,45,49)/t34-,39-/m1/s1. The van der Waals surface area contributed by atoms with E-state index in [4.69, 9.17) is 14.5 Å². The summed E-state index contributed by atoms with van der Waals surface area (Å²) >= 11 is 0. The van der Waals surface area contributed by atoms with Gasteiger partial charge in [0, 0.05) is 37.6 Å². The molecule has 13 nitrogen and oxygen atoms in total. The highest BCUT2D eigenvalue weighted by atomic mass is 19.3. The maximum absolute atomic E-state index is 15.4. The van der Waals surface area contributed by atoms with Gasteiger partial charge >= 0.3 is 0 Å². The summed E-state index contributed by atoms with van der Waals surface area (Å²) in [5, 5.41) is 22.6. The van der Waals surface area contributed by atoms with Gasteiger partial charge in [0.1, 0.15) is 29.3 Å².